The molecule has 0 bridgehead atoms. The lowest BCUT2D eigenvalue weighted by atomic mass is 9.33. The lowest BCUT2D eigenvalue weighted by molar-refractivity contribution is 0.195. The highest BCUT2D eigenvalue weighted by atomic mass is 16.3. The average molecular weight is 872 g/mol. The van der Waals surface area contributed by atoms with Crippen LogP contribution >= 0.6 is 0 Å². The summed E-state index contributed by atoms with van der Waals surface area (Å²) in [6.45, 7) is 19.2. The molecule has 5 heteroatoms. The standard InChI is InChI=1S/C62H58BN3O/c1-59(2,3)41-26-29-43(30-27-41)64(44-28-25-39-17-9-10-18-40(39)35-44)45-31-32-49-52(38-45)65(51-23-15-20-47-46-19-11-12-24-55(46)67-58(47)51)53-36-42(60(4,5)6)37-54-56(53)63(49)50-22-16-21-48-57(50)66(54)62(8)34-14-13-33-61(48,62)7/h9-12,15-32,35-38H,13-14,33-34H2,1-8H3. The van der Waals surface area contributed by atoms with E-state index in [1.165, 1.54) is 92.3 Å². The molecule has 4 heterocycles. The van der Waals surface area contributed by atoms with Gasteiger partial charge in [0.1, 0.15) is 5.58 Å². The first-order valence-electron chi connectivity index (χ1n) is 24.6. The molecule has 3 aliphatic heterocycles. The van der Waals surface area contributed by atoms with Crippen molar-refractivity contribution in [2.24, 2.45) is 0 Å². The maximum atomic E-state index is 7.00. The fourth-order valence-electron chi connectivity index (χ4n) is 12.9. The van der Waals surface area contributed by atoms with Gasteiger partial charge in [-0.2, -0.15) is 0 Å². The van der Waals surface area contributed by atoms with E-state index in [1.807, 2.05) is 0 Å². The van der Waals surface area contributed by atoms with Gasteiger partial charge in [0.25, 0.3) is 6.71 Å². The van der Waals surface area contributed by atoms with Crippen LogP contribution in [-0.4, -0.2) is 12.3 Å². The molecule has 1 fully saturated rings. The van der Waals surface area contributed by atoms with Gasteiger partial charge in [-0.05, 0) is 135 Å². The van der Waals surface area contributed by atoms with Crippen LogP contribution in [0.5, 0.6) is 0 Å². The summed E-state index contributed by atoms with van der Waals surface area (Å²) >= 11 is 0. The highest BCUT2D eigenvalue weighted by Gasteiger charge is 2.61. The van der Waals surface area contributed by atoms with Gasteiger partial charge in [-0.15, -0.1) is 0 Å². The molecule has 13 rings (SSSR count). The van der Waals surface area contributed by atoms with E-state index in [2.05, 4.69) is 228 Å². The van der Waals surface area contributed by atoms with Crippen LogP contribution < -0.4 is 31.1 Å². The summed E-state index contributed by atoms with van der Waals surface area (Å²) in [4.78, 5) is 7.90. The topological polar surface area (TPSA) is 22.9 Å². The highest BCUT2D eigenvalue weighted by molar-refractivity contribution is 7.00. The first-order valence-corrected chi connectivity index (χ1v) is 24.6. The Bertz CT molecular complexity index is 3520. The first kappa shape index (κ1) is 40.6. The SMILES string of the molecule is CC(C)(C)c1ccc(N(c2ccc3c(c2)N(c2cccc4c2oc2ccccc24)c2cc(C(C)(C)C)cc4c2B3c2cccc3c2N4C2(C)CCCCC32C)c2ccc3ccccc3c2)cc1. The molecule has 1 aromatic heterocycles. The van der Waals surface area contributed by atoms with Crippen LogP contribution in [0, 0.1) is 0 Å². The van der Waals surface area contributed by atoms with E-state index in [4.69, 9.17) is 4.42 Å². The Kier molecular flexibility index (Phi) is 8.42. The monoisotopic (exact) mass is 871 g/mol. The molecule has 330 valence electrons. The fraction of sp³-hybridized carbons (Fsp3) is 0.258. The zero-order chi connectivity index (χ0) is 45.8. The molecule has 2 unspecified atom stereocenters. The zero-order valence-corrected chi connectivity index (χ0v) is 40.2. The molecular weight excluding hydrogens is 814 g/mol. The van der Waals surface area contributed by atoms with Crippen LogP contribution in [0.25, 0.3) is 32.7 Å². The number of hydrogen-bond acceptors (Lipinski definition) is 4. The van der Waals surface area contributed by atoms with E-state index >= 15 is 0 Å². The second-order valence-corrected chi connectivity index (χ2v) is 22.5. The largest absolute Gasteiger partial charge is 0.454 e. The summed E-state index contributed by atoms with van der Waals surface area (Å²) in [5.74, 6) is 0. The molecule has 1 aliphatic carbocycles. The molecule has 0 radical (unpaired) electrons. The quantitative estimate of drug-likeness (QED) is 0.164. The molecule has 0 saturated heterocycles. The number of hydrogen-bond donors (Lipinski definition) is 0. The molecule has 8 aromatic carbocycles. The normalized spacial score (nSPS) is 19.4. The molecule has 67 heavy (non-hydrogen) atoms. The van der Waals surface area contributed by atoms with Gasteiger partial charge >= 0.3 is 0 Å². The molecule has 9 aromatic rings. The lowest BCUT2D eigenvalue weighted by Gasteiger charge is -2.53. The maximum absolute atomic E-state index is 7.00. The number of furan rings is 1. The lowest BCUT2D eigenvalue weighted by Crippen LogP contribution is -2.64. The number of para-hydroxylation sites is 3. The van der Waals surface area contributed by atoms with Crippen LogP contribution in [0.15, 0.2) is 162 Å². The number of nitrogens with zero attached hydrogens (tertiary/aromatic N) is 3. The van der Waals surface area contributed by atoms with E-state index in [-0.39, 0.29) is 28.5 Å². The average Bonchev–Trinajstić information content (AvgIpc) is 3.80. The molecule has 2 atom stereocenters. The fourth-order valence-corrected chi connectivity index (χ4v) is 12.9. The Hall–Kier alpha value is -6.72. The molecule has 1 saturated carbocycles. The van der Waals surface area contributed by atoms with Crippen LogP contribution in [0.3, 0.4) is 0 Å². The second kappa shape index (κ2) is 13.9. The van der Waals surface area contributed by atoms with Crippen molar-refractivity contribution in [2.45, 2.75) is 103 Å². The van der Waals surface area contributed by atoms with Crippen molar-refractivity contribution >= 4 is 101 Å². The van der Waals surface area contributed by atoms with Crippen LogP contribution in [0.2, 0.25) is 0 Å². The van der Waals surface area contributed by atoms with Crippen molar-refractivity contribution in [3.8, 4) is 0 Å². The van der Waals surface area contributed by atoms with Crippen LogP contribution in [0.1, 0.15) is 97.8 Å². The van der Waals surface area contributed by atoms with Gasteiger partial charge in [-0.3, -0.25) is 0 Å². The molecule has 4 aliphatic rings. The Morgan fingerprint density at radius 1 is 0.537 bits per heavy atom. The van der Waals surface area contributed by atoms with Gasteiger partial charge in [0.15, 0.2) is 5.58 Å². The number of fused-ring (bicyclic) bond motifs is 11. The van der Waals surface area contributed by atoms with Crippen molar-refractivity contribution < 1.29 is 4.42 Å². The van der Waals surface area contributed by atoms with Gasteiger partial charge in [-0.1, -0.05) is 158 Å². The maximum Gasteiger partial charge on any atom is 0.252 e. The predicted octanol–water partition coefficient (Wildman–Crippen LogP) is 15.2. The molecule has 0 spiro atoms. The predicted molar refractivity (Wildman–Crippen MR) is 285 cm³/mol. The van der Waals surface area contributed by atoms with Gasteiger partial charge in [-0.25, -0.2) is 0 Å². The van der Waals surface area contributed by atoms with Gasteiger partial charge in [0, 0.05) is 56.0 Å². The third kappa shape index (κ3) is 5.67. The van der Waals surface area contributed by atoms with E-state index in [0.29, 0.717) is 0 Å². The van der Waals surface area contributed by atoms with Gasteiger partial charge in [0.2, 0.25) is 0 Å². The Morgan fingerprint density at radius 2 is 1.21 bits per heavy atom. The Labute approximate surface area is 395 Å². The minimum Gasteiger partial charge on any atom is -0.454 e. The summed E-state index contributed by atoms with van der Waals surface area (Å²) in [5, 5.41) is 4.72. The Morgan fingerprint density at radius 3 is 2.01 bits per heavy atom. The highest BCUT2D eigenvalue weighted by Crippen LogP contribution is 2.62. The summed E-state index contributed by atoms with van der Waals surface area (Å²) in [6.07, 6.45) is 4.87. The van der Waals surface area contributed by atoms with E-state index in [1.54, 1.807) is 0 Å². The second-order valence-electron chi connectivity index (χ2n) is 22.5. The van der Waals surface area contributed by atoms with Crippen molar-refractivity contribution in [3.05, 3.63) is 174 Å². The van der Waals surface area contributed by atoms with Gasteiger partial charge < -0.3 is 19.1 Å². The number of benzene rings is 8. The number of anilines is 8. The summed E-state index contributed by atoms with van der Waals surface area (Å²) in [7, 11) is 0. The summed E-state index contributed by atoms with van der Waals surface area (Å²) in [6, 6.07) is 59.8. The third-order valence-corrected chi connectivity index (χ3v) is 16.7. The van der Waals surface area contributed by atoms with Crippen molar-refractivity contribution in [1.29, 1.82) is 0 Å². The van der Waals surface area contributed by atoms with E-state index in [0.717, 1.165) is 44.7 Å². The number of rotatable bonds is 4. The third-order valence-electron chi connectivity index (χ3n) is 16.7. The first-order chi connectivity index (χ1) is 32.2. The minimum atomic E-state index is -0.109. The molecule has 0 amide bonds. The summed E-state index contributed by atoms with van der Waals surface area (Å²) < 4.78 is 7.00. The molecular formula is C62H58BN3O. The molecule has 0 N–H and O–H groups in total. The van der Waals surface area contributed by atoms with Crippen molar-refractivity contribution in [3.63, 3.8) is 0 Å². The van der Waals surface area contributed by atoms with Crippen LogP contribution in [-0.2, 0) is 16.2 Å². The van der Waals surface area contributed by atoms with E-state index < -0.39 is 0 Å². The smallest absolute Gasteiger partial charge is 0.252 e. The van der Waals surface area contributed by atoms with Crippen LogP contribution in [0.4, 0.5) is 45.5 Å². The van der Waals surface area contributed by atoms with E-state index in [9.17, 15) is 0 Å². The zero-order valence-electron chi connectivity index (χ0n) is 40.2. The van der Waals surface area contributed by atoms with Crippen molar-refractivity contribution in [2.75, 3.05) is 14.7 Å². The van der Waals surface area contributed by atoms with Gasteiger partial charge in [0.05, 0.1) is 11.2 Å². The Balaban J connectivity index is 1.13. The minimum absolute atomic E-state index is 0.0316. The summed E-state index contributed by atoms with van der Waals surface area (Å²) in [5.41, 5.74) is 19.7. The molecule has 4 nitrogen and oxygen atoms in total. The van der Waals surface area contributed by atoms with Crippen molar-refractivity contribution in [1.82, 2.24) is 0 Å².